The minimum absolute atomic E-state index is 0.258. The Morgan fingerprint density at radius 2 is 1.48 bits per heavy atom. The zero-order chi connectivity index (χ0) is 19.4. The highest BCUT2D eigenvalue weighted by Gasteiger charge is 2.52. The molecule has 1 saturated carbocycles. The van der Waals surface area contributed by atoms with E-state index < -0.39 is 0 Å². The van der Waals surface area contributed by atoms with Gasteiger partial charge in [-0.25, -0.2) is 0 Å². The average molecular weight is 371 g/mol. The van der Waals surface area contributed by atoms with Crippen LogP contribution < -0.4 is 0 Å². The van der Waals surface area contributed by atoms with Gasteiger partial charge in [-0.05, 0) is 62.7 Å². The Morgan fingerprint density at radius 1 is 0.960 bits per heavy atom. The molecule has 1 fully saturated rings. The molecule has 25 heavy (non-hydrogen) atoms. The van der Waals surface area contributed by atoms with Crippen LogP contribution in [0.4, 0.5) is 0 Å². The fourth-order valence-corrected chi connectivity index (χ4v) is 7.51. The van der Waals surface area contributed by atoms with Gasteiger partial charge >= 0.3 is 0 Å². The molecule has 1 aliphatic carbocycles. The van der Waals surface area contributed by atoms with Crippen molar-refractivity contribution in [3.63, 3.8) is 0 Å². The van der Waals surface area contributed by atoms with Crippen LogP contribution in [0, 0.1) is 16.7 Å². The molecule has 0 bridgehead atoms. The van der Waals surface area contributed by atoms with Gasteiger partial charge in [-0.3, -0.25) is 0 Å². The van der Waals surface area contributed by atoms with Crippen molar-refractivity contribution in [1.29, 1.82) is 0 Å². The van der Waals surface area contributed by atoms with Crippen LogP contribution in [-0.4, -0.2) is 29.2 Å². The van der Waals surface area contributed by atoms with Crippen molar-refractivity contribution < 1.29 is 9.47 Å². The Hall–Kier alpha value is 0.137. The summed E-state index contributed by atoms with van der Waals surface area (Å²) in [5, 5.41) is 0.258. The van der Waals surface area contributed by atoms with E-state index >= 15 is 0 Å². The second kappa shape index (κ2) is 8.88. The predicted octanol–water partition coefficient (Wildman–Crippen LogP) is 5.73. The minimum atomic E-state index is -0.316. The first kappa shape index (κ1) is 23.2. The lowest BCUT2D eigenvalue weighted by Gasteiger charge is -2.52. The molecule has 150 valence electrons. The van der Waals surface area contributed by atoms with E-state index in [-0.39, 0.29) is 10.8 Å². The summed E-state index contributed by atoms with van der Waals surface area (Å²) in [7, 11) is 1.15. The summed E-state index contributed by atoms with van der Waals surface area (Å²) in [5.41, 5.74) is 0.789. The Morgan fingerprint density at radius 3 is 1.96 bits per heavy atom. The van der Waals surface area contributed by atoms with Crippen LogP contribution in [0.15, 0.2) is 0 Å². The first-order chi connectivity index (χ1) is 11.4. The van der Waals surface area contributed by atoms with Crippen LogP contribution >= 0.6 is 0 Å². The molecule has 2 unspecified atom stereocenters. The van der Waals surface area contributed by atoms with Crippen LogP contribution in [0.1, 0.15) is 100 Å². The van der Waals surface area contributed by atoms with Gasteiger partial charge in [0.05, 0.1) is 0 Å². The second-order valence-corrected chi connectivity index (χ2v) is 12.7. The Balaban J connectivity index is 2.88. The molecule has 0 aliphatic heterocycles. The van der Waals surface area contributed by atoms with Gasteiger partial charge in [0, 0.05) is 34.9 Å². The highest BCUT2D eigenvalue weighted by atomic mass is 28.1. The standard InChI is InChI=1S/C22H46O2Si/c1-9-23-22(24-10-2)14-12-11-13-21(22,25)16-18(3)15-20(7,8)17-19(4,5)6/h18H,9-17H2,1-8,25H3. The van der Waals surface area contributed by atoms with Gasteiger partial charge in [-0.2, -0.15) is 0 Å². The highest BCUT2D eigenvalue weighted by molar-refractivity contribution is 6.16. The summed E-state index contributed by atoms with van der Waals surface area (Å²) < 4.78 is 12.7. The average Bonchev–Trinajstić information content (AvgIpc) is 2.39. The molecule has 3 heteroatoms. The van der Waals surface area contributed by atoms with E-state index in [0.29, 0.717) is 16.7 Å². The van der Waals surface area contributed by atoms with Crippen LogP contribution in [0.2, 0.25) is 5.04 Å². The molecule has 0 radical (unpaired) electrons. The number of hydrogen-bond donors (Lipinski definition) is 0. The molecule has 0 aromatic rings. The Labute approximate surface area is 161 Å². The van der Waals surface area contributed by atoms with Crippen molar-refractivity contribution in [2.24, 2.45) is 16.7 Å². The van der Waals surface area contributed by atoms with Crippen molar-refractivity contribution in [2.45, 2.75) is 111 Å². The van der Waals surface area contributed by atoms with Crippen LogP contribution in [0.3, 0.4) is 0 Å². The first-order valence-corrected chi connectivity index (χ1v) is 11.7. The lowest BCUT2D eigenvalue weighted by Crippen LogP contribution is -2.51. The van der Waals surface area contributed by atoms with Crippen molar-refractivity contribution >= 4 is 10.2 Å². The summed E-state index contributed by atoms with van der Waals surface area (Å²) in [6.45, 7) is 20.2. The van der Waals surface area contributed by atoms with Crippen LogP contribution in [0.5, 0.6) is 0 Å². The maximum absolute atomic E-state index is 6.35. The van der Waals surface area contributed by atoms with Gasteiger partial charge in [-0.15, -0.1) is 0 Å². The maximum atomic E-state index is 6.35. The minimum Gasteiger partial charge on any atom is -0.350 e. The summed E-state index contributed by atoms with van der Waals surface area (Å²) in [4.78, 5) is 0. The summed E-state index contributed by atoms with van der Waals surface area (Å²) in [6, 6.07) is 0. The van der Waals surface area contributed by atoms with Gasteiger partial charge in [0.1, 0.15) is 0 Å². The highest BCUT2D eigenvalue weighted by Crippen LogP contribution is 2.55. The van der Waals surface area contributed by atoms with Gasteiger partial charge < -0.3 is 9.47 Å². The molecule has 0 aromatic heterocycles. The molecule has 0 saturated heterocycles. The van der Waals surface area contributed by atoms with Crippen molar-refractivity contribution in [1.82, 2.24) is 0 Å². The summed E-state index contributed by atoms with van der Waals surface area (Å²) in [5.74, 6) is 0.400. The Kier molecular flexibility index (Phi) is 8.24. The van der Waals surface area contributed by atoms with Crippen LogP contribution in [-0.2, 0) is 9.47 Å². The molecule has 0 N–H and O–H groups in total. The fourth-order valence-electron chi connectivity index (χ4n) is 5.92. The SMILES string of the molecule is CCOC1(OCC)CCCCC1([SiH3])CC(C)CC(C)(C)CC(C)(C)C. The summed E-state index contributed by atoms with van der Waals surface area (Å²) >= 11 is 0. The molecule has 2 nitrogen and oxygen atoms in total. The third kappa shape index (κ3) is 6.66. The molecular weight excluding hydrogens is 324 g/mol. The summed E-state index contributed by atoms with van der Waals surface area (Å²) in [6.07, 6.45) is 8.77. The topological polar surface area (TPSA) is 18.5 Å². The van der Waals surface area contributed by atoms with E-state index in [1.165, 1.54) is 38.5 Å². The predicted molar refractivity (Wildman–Crippen MR) is 113 cm³/mol. The van der Waals surface area contributed by atoms with E-state index in [1.54, 1.807) is 0 Å². The third-order valence-electron chi connectivity index (χ3n) is 5.87. The lowest BCUT2D eigenvalue weighted by atomic mass is 9.69. The zero-order valence-electron chi connectivity index (χ0n) is 18.8. The van der Waals surface area contributed by atoms with E-state index in [9.17, 15) is 0 Å². The quantitative estimate of drug-likeness (QED) is 0.381. The van der Waals surface area contributed by atoms with Gasteiger partial charge in [0.2, 0.25) is 0 Å². The monoisotopic (exact) mass is 370 g/mol. The normalized spacial score (nSPS) is 25.9. The molecule has 0 heterocycles. The van der Waals surface area contributed by atoms with E-state index in [1.807, 2.05) is 0 Å². The molecule has 1 rings (SSSR count). The maximum Gasteiger partial charge on any atom is 0.170 e. The largest absolute Gasteiger partial charge is 0.350 e. The van der Waals surface area contributed by atoms with E-state index in [4.69, 9.17) is 9.47 Å². The third-order valence-corrected chi connectivity index (χ3v) is 7.54. The van der Waals surface area contributed by atoms with E-state index in [2.05, 4.69) is 55.4 Å². The zero-order valence-corrected chi connectivity index (χ0v) is 20.8. The molecular formula is C22H46O2Si. The number of ether oxygens (including phenoxy) is 2. The number of hydrogen-bond acceptors (Lipinski definition) is 2. The second-order valence-electron chi connectivity index (χ2n) is 10.8. The fraction of sp³-hybridized carbons (Fsp3) is 1.00. The number of rotatable bonds is 9. The molecule has 0 spiro atoms. The molecule has 1 aliphatic rings. The molecule has 0 amide bonds. The van der Waals surface area contributed by atoms with Crippen molar-refractivity contribution in [2.75, 3.05) is 13.2 Å². The van der Waals surface area contributed by atoms with Gasteiger partial charge in [-0.1, -0.05) is 48.0 Å². The smallest absolute Gasteiger partial charge is 0.170 e. The lowest BCUT2D eigenvalue weighted by molar-refractivity contribution is -0.272. The molecule has 2 atom stereocenters. The first-order valence-electron chi connectivity index (χ1n) is 10.7. The molecule has 0 aromatic carbocycles. The van der Waals surface area contributed by atoms with Crippen molar-refractivity contribution in [3.8, 4) is 0 Å². The van der Waals surface area contributed by atoms with Gasteiger partial charge in [0.25, 0.3) is 0 Å². The Bertz CT molecular complexity index is 388. The van der Waals surface area contributed by atoms with Crippen molar-refractivity contribution in [3.05, 3.63) is 0 Å². The van der Waals surface area contributed by atoms with Crippen LogP contribution in [0.25, 0.3) is 0 Å². The van der Waals surface area contributed by atoms with Gasteiger partial charge in [0.15, 0.2) is 5.79 Å². The van der Waals surface area contributed by atoms with E-state index in [0.717, 1.165) is 29.9 Å².